The highest BCUT2D eigenvalue weighted by Crippen LogP contribution is 2.32. The van der Waals surface area contributed by atoms with Crippen molar-refractivity contribution in [1.29, 1.82) is 0 Å². The van der Waals surface area contributed by atoms with E-state index in [-0.39, 0.29) is 18.0 Å². The molecule has 1 aliphatic carbocycles. The molecule has 0 spiro atoms. The fraction of sp³-hybridized carbons (Fsp3) is 0.364. The fourth-order valence-corrected chi connectivity index (χ4v) is 3.82. The lowest BCUT2D eigenvalue weighted by molar-refractivity contribution is -0.130. The first-order valence-corrected chi connectivity index (χ1v) is 10.1. The Hall–Kier alpha value is -2.53. The number of nitrogens with zero attached hydrogens (tertiary/aromatic N) is 1. The molecule has 5 nitrogen and oxygen atoms in total. The van der Waals surface area contributed by atoms with Crippen LogP contribution in [0.2, 0.25) is 5.02 Å². The molecule has 0 bridgehead atoms. The van der Waals surface area contributed by atoms with Gasteiger partial charge >= 0.3 is 6.03 Å². The van der Waals surface area contributed by atoms with Gasteiger partial charge in [0, 0.05) is 23.8 Å². The molecular formula is C22H26ClN3O2. The molecule has 28 heavy (non-hydrogen) atoms. The lowest BCUT2D eigenvalue weighted by Gasteiger charge is -2.18. The number of hydrogen-bond donors (Lipinski definition) is 2. The first-order valence-electron chi connectivity index (χ1n) is 9.72. The van der Waals surface area contributed by atoms with Crippen molar-refractivity contribution in [3.63, 3.8) is 0 Å². The monoisotopic (exact) mass is 399 g/mol. The first-order chi connectivity index (χ1) is 13.5. The smallest absolute Gasteiger partial charge is 0.319 e. The van der Waals surface area contributed by atoms with Crippen LogP contribution in [-0.4, -0.2) is 29.9 Å². The van der Waals surface area contributed by atoms with Gasteiger partial charge in [0.05, 0.1) is 12.5 Å². The van der Waals surface area contributed by atoms with Crippen LogP contribution in [0.5, 0.6) is 0 Å². The summed E-state index contributed by atoms with van der Waals surface area (Å²) in [5, 5.41) is 6.62. The van der Waals surface area contributed by atoms with Crippen LogP contribution in [0.4, 0.5) is 10.5 Å². The average molecular weight is 400 g/mol. The molecule has 0 saturated carbocycles. The summed E-state index contributed by atoms with van der Waals surface area (Å²) in [6.45, 7) is 5.38. The number of rotatable bonds is 6. The third kappa shape index (κ3) is 4.84. The number of aryl methyl sites for hydroxylation is 1. The highest BCUT2D eigenvalue weighted by atomic mass is 35.5. The van der Waals surface area contributed by atoms with Gasteiger partial charge in [-0.25, -0.2) is 4.79 Å². The Morgan fingerprint density at radius 1 is 1.11 bits per heavy atom. The lowest BCUT2D eigenvalue weighted by Crippen LogP contribution is -2.32. The van der Waals surface area contributed by atoms with Crippen LogP contribution < -0.4 is 10.6 Å². The van der Waals surface area contributed by atoms with Crippen molar-refractivity contribution in [3.8, 4) is 0 Å². The normalized spacial score (nSPS) is 15.0. The van der Waals surface area contributed by atoms with Crippen LogP contribution >= 0.6 is 11.6 Å². The van der Waals surface area contributed by atoms with Gasteiger partial charge < -0.3 is 15.5 Å². The maximum atomic E-state index is 12.4. The molecule has 0 fully saturated rings. The lowest BCUT2D eigenvalue weighted by atomic mass is 10.1. The highest BCUT2D eigenvalue weighted by molar-refractivity contribution is 6.30. The largest absolute Gasteiger partial charge is 0.343 e. The van der Waals surface area contributed by atoms with Gasteiger partial charge in [0.1, 0.15) is 0 Å². The molecule has 2 N–H and O–H groups in total. The van der Waals surface area contributed by atoms with Crippen molar-refractivity contribution in [2.24, 2.45) is 0 Å². The van der Waals surface area contributed by atoms with Crippen LogP contribution in [0.1, 0.15) is 43.0 Å². The molecule has 2 aromatic carbocycles. The molecule has 0 radical (unpaired) electrons. The minimum absolute atomic E-state index is 0.00164. The maximum Gasteiger partial charge on any atom is 0.319 e. The van der Waals surface area contributed by atoms with E-state index in [4.69, 9.17) is 11.6 Å². The van der Waals surface area contributed by atoms with Crippen LogP contribution in [0.15, 0.2) is 42.5 Å². The summed E-state index contributed by atoms with van der Waals surface area (Å²) in [7, 11) is 0. The van der Waals surface area contributed by atoms with E-state index in [1.165, 1.54) is 5.56 Å². The number of hydrogen-bond acceptors (Lipinski definition) is 2. The summed E-state index contributed by atoms with van der Waals surface area (Å²) >= 11 is 6.04. The predicted octanol–water partition coefficient (Wildman–Crippen LogP) is 4.56. The SMILES string of the molecule is CCN(CC)C(=O)Cc1ccc(NC(=O)NC2CCc3cc(Cl)ccc32)cc1. The van der Waals surface area contributed by atoms with E-state index in [9.17, 15) is 9.59 Å². The molecule has 0 aliphatic heterocycles. The van der Waals surface area contributed by atoms with E-state index < -0.39 is 0 Å². The minimum Gasteiger partial charge on any atom is -0.343 e. The number of amides is 3. The highest BCUT2D eigenvalue weighted by Gasteiger charge is 2.24. The second-order valence-corrected chi connectivity index (χ2v) is 7.41. The zero-order chi connectivity index (χ0) is 20.1. The van der Waals surface area contributed by atoms with E-state index in [1.54, 1.807) is 0 Å². The molecule has 1 aliphatic rings. The third-order valence-corrected chi connectivity index (χ3v) is 5.41. The zero-order valence-corrected chi connectivity index (χ0v) is 17.1. The van der Waals surface area contributed by atoms with E-state index in [1.807, 2.05) is 61.2 Å². The Labute approximate surface area is 171 Å². The summed E-state index contributed by atoms with van der Waals surface area (Å²) in [6.07, 6.45) is 2.15. The van der Waals surface area contributed by atoms with E-state index in [2.05, 4.69) is 10.6 Å². The van der Waals surface area contributed by atoms with Gasteiger partial charge in [-0.05, 0) is 67.6 Å². The van der Waals surface area contributed by atoms with E-state index >= 15 is 0 Å². The van der Waals surface area contributed by atoms with Gasteiger partial charge in [-0.15, -0.1) is 0 Å². The summed E-state index contributed by atoms with van der Waals surface area (Å²) in [5.41, 5.74) is 3.96. The molecular weight excluding hydrogens is 374 g/mol. The van der Waals surface area contributed by atoms with Gasteiger partial charge in [-0.1, -0.05) is 29.8 Å². The molecule has 6 heteroatoms. The zero-order valence-electron chi connectivity index (χ0n) is 16.3. The van der Waals surface area contributed by atoms with E-state index in [0.29, 0.717) is 25.2 Å². The molecule has 0 heterocycles. The van der Waals surface area contributed by atoms with Gasteiger partial charge in [0.25, 0.3) is 0 Å². The van der Waals surface area contributed by atoms with Crippen LogP contribution in [0.3, 0.4) is 0 Å². The van der Waals surface area contributed by atoms with Gasteiger partial charge in [-0.3, -0.25) is 4.79 Å². The standard InChI is InChI=1S/C22H26ClN3O2/c1-3-26(4-2)21(27)13-15-5-9-18(10-6-15)24-22(28)25-20-12-7-16-14-17(23)8-11-19(16)20/h5-6,8-11,14,20H,3-4,7,12-13H2,1-2H3,(H2,24,25,28). The van der Waals surface area contributed by atoms with E-state index in [0.717, 1.165) is 29.0 Å². The topological polar surface area (TPSA) is 61.4 Å². The van der Waals surface area contributed by atoms with Crippen molar-refractivity contribution in [3.05, 3.63) is 64.2 Å². The minimum atomic E-state index is -0.236. The van der Waals surface area contributed by atoms with Crippen LogP contribution in [0.25, 0.3) is 0 Å². The molecule has 3 rings (SSSR count). The number of nitrogens with one attached hydrogen (secondary N) is 2. The van der Waals surface area contributed by atoms with Gasteiger partial charge in [0.15, 0.2) is 0 Å². The molecule has 0 saturated heterocycles. The molecule has 0 aromatic heterocycles. The number of fused-ring (bicyclic) bond motifs is 1. The van der Waals surface area contributed by atoms with Crippen molar-refractivity contribution >= 4 is 29.2 Å². The van der Waals surface area contributed by atoms with Crippen LogP contribution in [0, 0.1) is 0 Å². The predicted molar refractivity (Wildman–Crippen MR) is 113 cm³/mol. The Morgan fingerprint density at radius 3 is 2.50 bits per heavy atom. The number of benzene rings is 2. The summed E-state index contributed by atoms with van der Waals surface area (Å²) in [4.78, 5) is 26.4. The summed E-state index contributed by atoms with van der Waals surface area (Å²) in [5.74, 6) is 0.114. The van der Waals surface area contributed by atoms with Gasteiger partial charge in [-0.2, -0.15) is 0 Å². The van der Waals surface area contributed by atoms with Crippen molar-refractivity contribution in [2.45, 2.75) is 39.2 Å². The van der Waals surface area contributed by atoms with Crippen molar-refractivity contribution in [1.82, 2.24) is 10.2 Å². The van der Waals surface area contributed by atoms with Crippen molar-refractivity contribution in [2.75, 3.05) is 18.4 Å². The second-order valence-electron chi connectivity index (χ2n) is 6.97. The number of carbonyl (C=O) groups is 2. The van der Waals surface area contributed by atoms with Crippen LogP contribution in [-0.2, 0) is 17.6 Å². The summed E-state index contributed by atoms with van der Waals surface area (Å²) < 4.78 is 0. The Balaban J connectivity index is 1.55. The van der Waals surface area contributed by atoms with Crippen molar-refractivity contribution < 1.29 is 9.59 Å². The Bertz CT molecular complexity index is 847. The molecule has 1 atom stereocenters. The molecule has 2 aromatic rings. The number of halogens is 1. The van der Waals surface area contributed by atoms with Gasteiger partial charge in [0.2, 0.25) is 5.91 Å². The molecule has 3 amide bonds. The first kappa shape index (κ1) is 20.2. The number of carbonyl (C=O) groups excluding carboxylic acids is 2. The number of likely N-dealkylation sites (N-methyl/N-ethyl adjacent to an activating group) is 1. The fourth-order valence-electron chi connectivity index (χ4n) is 3.63. The summed E-state index contributed by atoms with van der Waals surface area (Å²) in [6, 6.07) is 13.0. The average Bonchev–Trinajstić information content (AvgIpc) is 3.06. The molecule has 1 unspecified atom stereocenters. The Kier molecular flexibility index (Phi) is 6.57. The molecule has 148 valence electrons. The number of urea groups is 1. The number of anilines is 1. The third-order valence-electron chi connectivity index (χ3n) is 5.17. The maximum absolute atomic E-state index is 12.4. The quantitative estimate of drug-likeness (QED) is 0.747. The second kappa shape index (κ2) is 9.11. The Morgan fingerprint density at radius 2 is 1.82 bits per heavy atom.